The number of carbonyl (C=O) groups excluding carboxylic acids is 1. The van der Waals surface area contributed by atoms with E-state index in [0.29, 0.717) is 28.7 Å². The van der Waals surface area contributed by atoms with Gasteiger partial charge in [-0.05, 0) is 49.7 Å². The second kappa shape index (κ2) is 8.31. The first-order chi connectivity index (χ1) is 16.0. The summed E-state index contributed by atoms with van der Waals surface area (Å²) in [6, 6.07) is 16.9. The van der Waals surface area contributed by atoms with Crippen LogP contribution in [-0.4, -0.2) is 25.7 Å². The van der Waals surface area contributed by atoms with Gasteiger partial charge in [0.2, 0.25) is 5.95 Å². The number of nitrogens with zero attached hydrogens (tertiary/aromatic N) is 4. The summed E-state index contributed by atoms with van der Waals surface area (Å²) in [5.41, 5.74) is 4.35. The number of hydrogen-bond donors (Lipinski definition) is 2. The lowest BCUT2D eigenvalue weighted by molar-refractivity contribution is -0.113. The van der Waals surface area contributed by atoms with Crippen LogP contribution in [0.25, 0.3) is 11.4 Å². The number of allylic oxidation sites excluding steroid dienone is 1. The zero-order chi connectivity index (χ0) is 22.9. The van der Waals surface area contributed by atoms with Crippen molar-refractivity contribution in [2.24, 2.45) is 0 Å². The number of pyridine rings is 1. The Hall–Kier alpha value is -4.33. The Morgan fingerprint density at radius 3 is 2.64 bits per heavy atom. The van der Waals surface area contributed by atoms with Crippen LogP contribution < -0.4 is 10.6 Å². The highest BCUT2D eigenvalue weighted by Crippen LogP contribution is 2.37. The van der Waals surface area contributed by atoms with E-state index in [1.807, 2.05) is 38.1 Å². The maximum absolute atomic E-state index is 13.7. The Morgan fingerprint density at radius 1 is 1.09 bits per heavy atom. The van der Waals surface area contributed by atoms with Crippen molar-refractivity contribution in [1.29, 1.82) is 0 Å². The average Bonchev–Trinajstić information content (AvgIpc) is 3.23. The first-order valence-corrected chi connectivity index (χ1v) is 10.5. The van der Waals surface area contributed by atoms with Gasteiger partial charge in [0.15, 0.2) is 5.82 Å². The molecule has 33 heavy (non-hydrogen) atoms. The van der Waals surface area contributed by atoms with Crippen molar-refractivity contribution in [3.8, 4) is 11.4 Å². The molecule has 0 unspecified atom stereocenters. The van der Waals surface area contributed by atoms with Crippen molar-refractivity contribution in [3.63, 3.8) is 0 Å². The van der Waals surface area contributed by atoms with Gasteiger partial charge in [-0.1, -0.05) is 35.9 Å². The first kappa shape index (κ1) is 20.6. The van der Waals surface area contributed by atoms with Crippen LogP contribution in [0.4, 0.5) is 16.0 Å². The van der Waals surface area contributed by atoms with Gasteiger partial charge in [0, 0.05) is 17.5 Å². The van der Waals surface area contributed by atoms with E-state index >= 15 is 0 Å². The molecule has 1 amide bonds. The molecule has 4 aromatic rings. The standard InChI is InChI=1S/C25H21FN6O/c1-15-5-3-6-18(13-15)23-30-25-28-16(2)21(24(33)29-20-7-4-12-27-14-20)22(32(25)31-23)17-8-10-19(26)11-9-17/h3-14,22H,1-2H3,(H,29,33)(H,28,30,31)/t22-/m1/s1. The highest BCUT2D eigenvalue weighted by atomic mass is 19.1. The van der Waals surface area contributed by atoms with Gasteiger partial charge in [-0.25, -0.2) is 9.07 Å². The minimum Gasteiger partial charge on any atom is -0.328 e. The fraction of sp³-hybridized carbons (Fsp3) is 0.120. The number of carbonyl (C=O) groups is 1. The van der Waals surface area contributed by atoms with E-state index in [4.69, 9.17) is 5.10 Å². The molecule has 0 saturated carbocycles. The molecule has 2 N–H and O–H groups in total. The highest BCUT2D eigenvalue weighted by Gasteiger charge is 2.34. The van der Waals surface area contributed by atoms with Crippen molar-refractivity contribution in [2.45, 2.75) is 19.9 Å². The zero-order valence-electron chi connectivity index (χ0n) is 18.1. The van der Waals surface area contributed by atoms with E-state index in [0.717, 1.165) is 16.7 Å². The molecule has 2 aromatic heterocycles. The predicted octanol–water partition coefficient (Wildman–Crippen LogP) is 4.72. The Labute approximate surface area is 190 Å². The number of aryl methyl sites for hydroxylation is 1. The smallest absolute Gasteiger partial charge is 0.255 e. The number of benzene rings is 2. The summed E-state index contributed by atoms with van der Waals surface area (Å²) in [7, 11) is 0. The van der Waals surface area contributed by atoms with Crippen molar-refractivity contribution in [3.05, 3.63) is 101 Å². The monoisotopic (exact) mass is 440 g/mol. The second-order valence-corrected chi connectivity index (χ2v) is 7.89. The third-order valence-electron chi connectivity index (χ3n) is 5.48. The van der Waals surface area contributed by atoms with E-state index < -0.39 is 6.04 Å². The molecular weight excluding hydrogens is 419 g/mol. The fourth-order valence-corrected chi connectivity index (χ4v) is 3.94. The quantitative estimate of drug-likeness (QED) is 0.480. The van der Waals surface area contributed by atoms with Crippen LogP contribution >= 0.6 is 0 Å². The number of aromatic nitrogens is 4. The number of halogens is 1. The molecule has 164 valence electrons. The molecule has 0 spiro atoms. The topological polar surface area (TPSA) is 84.7 Å². The molecule has 0 bridgehead atoms. The Morgan fingerprint density at radius 2 is 1.91 bits per heavy atom. The zero-order valence-corrected chi connectivity index (χ0v) is 18.1. The van der Waals surface area contributed by atoms with Crippen molar-refractivity contribution < 1.29 is 9.18 Å². The molecule has 0 radical (unpaired) electrons. The lowest BCUT2D eigenvalue weighted by Gasteiger charge is -2.28. The van der Waals surface area contributed by atoms with Gasteiger partial charge in [-0.3, -0.25) is 9.78 Å². The predicted molar refractivity (Wildman–Crippen MR) is 124 cm³/mol. The summed E-state index contributed by atoms with van der Waals surface area (Å²) in [6.07, 6.45) is 3.21. The summed E-state index contributed by atoms with van der Waals surface area (Å²) in [4.78, 5) is 22.1. The number of amides is 1. The minimum atomic E-state index is -0.593. The molecule has 2 aromatic carbocycles. The van der Waals surface area contributed by atoms with Crippen LogP contribution in [0.2, 0.25) is 0 Å². The molecule has 5 rings (SSSR count). The Balaban J connectivity index is 1.61. The van der Waals surface area contributed by atoms with E-state index in [9.17, 15) is 9.18 Å². The van der Waals surface area contributed by atoms with Gasteiger partial charge in [0.05, 0.1) is 17.5 Å². The number of fused-ring (bicyclic) bond motifs is 1. The SMILES string of the molecule is CC1=C(C(=O)Nc2cccnc2)[C@@H](c2ccc(F)cc2)n2nc(-c3cccc(C)c3)nc2N1. The molecule has 1 aliphatic heterocycles. The molecule has 1 aliphatic rings. The molecule has 3 heterocycles. The van der Waals surface area contributed by atoms with Crippen LogP contribution in [0.5, 0.6) is 0 Å². The van der Waals surface area contributed by atoms with Gasteiger partial charge >= 0.3 is 0 Å². The summed E-state index contributed by atoms with van der Waals surface area (Å²) >= 11 is 0. The number of anilines is 2. The molecule has 8 heteroatoms. The van der Waals surface area contributed by atoms with Gasteiger partial charge < -0.3 is 10.6 Å². The summed E-state index contributed by atoms with van der Waals surface area (Å²) in [6.45, 7) is 3.82. The van der Waals surface area contributed by atoms with Gasteiger partial charge in [0.1, 0.15) is 11.9 Å². The normalized spacial score (nSPS) is 15.1. The largest absolute Gasteiger partial charge is 0.328 e. The molecular formula is C25H21FN6O. The second-order valence-electron chi connectivity index (χ2n) is 7.89. The first-order valence-electron chi connectivity index (χ1n) is 10.5. The van der Waals surface area contributed by atoms with Crippen LogP contribution in [0.15, 0.2) is 84.3 Å². The Bertz CT molecular complexity index is 1360. The van der Waals surface area contributed by atoms with Crippen LogP contribution in [0.3, 0.4) is 0 Å². The van der Waals surface area contributed by atoms with Crippen molar-refractivity contribution >= 4 is 17.5 Å². The minimum absolute atomic E-state index is 0.305. The highest BCUT2D eigenvalue weighted by molar-refractivity contribution is 6.05. The Kier molecular flexibility index (Phi) is 5.18. The van der Waals surface area contributed by atoms with E-state index in [2.05, 4.69) is 20.6 Å². The van der Waals surface area contributed by atoms with Gasteiger partial charge in [-0.2, -0.15) is 4.98 Å². The summed E-state index contributed by atoms with van der Waals surface area (Å²) in [5.74, 6) is 0.390. The number of nitrogens with one attached hydrogen (secondary N) is 2. The maximum atomic E-state index is 13.7. The fourth-order valence-electron chi connectivity index (χ4n) is 3.94. The van der Waals surface area contributed by atoms with E-state index in [-0.39, 0.29) is 11.7 Å². The third kappa shape index (κ3) is 3.98. The lowest BCUT2D eigenvalue weighted by atomic mass is 9.95. The van der Waals surface area contributed by atoms with E-state index in [1.54, 1.807) is 41.3 Å². The van der Waals surface area contributed by atoms with Gasteiger partial charge in [-0.15, -0.1) is 5.10 Å². The summed E-state index contributed by atoms with van der Waals surface area (Å²) in [5, 5.41) is 10.8. The number of hydrogen-bond acceptors (Lipinski definition) is 5. The maximum Gasteiger partial charge on any atom is 0.255 e. The molecule has 0 fully saturated rings. The van der Waals surface area contributed by atoms with Gasteiger partial charge in [0.25, 0.3) is 5.91 Å². The number of rotatable bonds is 4. The molecule has 1 atom stereocenters. The molecule has 0 saturated heterocycles. The van der Waals surface area contributed by atoms with Crippen molar-refractivity contribution in [1.82, 2.24) is 19.7 Å². The van der Waals surface area contributed by atoms with Crippen LogP contribution in [0.1, 0.15) is 24.1 Å². The molecule has 7 nitrogen and oxygen atoms in total. The average molecular weight is 440 g/mol. The molecule has 0 aliphatic carbocycles. The lowest BCUT2D eigenvalue weighted by Crippen LogP contribution is -2.31. The van der Waals surface area contributed by atoms with E-state index in [1.165, 1.54) is 12.1 Å². The van der Waals surface area contributed by atoms with Crippen molar-refractivity contribution in [2.75, 3.05) is 10.6 Å². The third-order valence-corrected chi connectivity index (χ3v) is 5.48. The summed E-state index contributed by atoms with van der Waals surface area (Å²) < 4.78 is 15.4. The van der Waals surface area contributed by atoms with Crippen LogP contribution in [0, 0.1) is 12.7 Å². The van der Waals surface area contributed by atoms with Crippen LogP contribution in [-0.2, 0) is 4.79 Å².